The van der Waals surface area contributed by atoms with E-state index in [1.807, 2.05) is 51.4 Å². The number of carbonyl (C=O) groups excluding carboxylic acids is 1. The second-order valence-corrected chi connectivity index (χ2v) is 5.65. The molecule has 0 aliphatic rings. The zero-order valence-corrected chi connectivity index (χ0v) is 13.8. The minimum Gasteiger partial charge on any atom is -0.481 e. The Hall–Kier alpha value is -2.30. The van der Waals surface area contributed by atoms with Crippen molar-refractivity contribution < 1.29 is 9.53 Å². The summed E-state index contributed by atoms with van der Waals surface area (Å²) in [5, 5.41) is 4.15. The van der Waals surface area contributed by atoms with Crippen LogP contribution in [0.25, 0.3) is 0 Å². The average molecular weight is 301 g/mol. The Balaban J connectivity index is 2.03. The van der Waals surface area contributed by atoms with Crippen molar-refractivity contribution in [2.75, 3.05) is 7.05 Å². The van der Waals surface area contributed by atoms with E-state index in [4.69, 9.17) is 4.74 Å². The molecule has 0 saturated heterocycles. The zero-order chi connectivity index (χ0) is 16.3. The van der Waals surface area contributed by atoms with Crippen molar-refractivity contribution in [3.05, 3.63) is 47.8 Å². The van der Waals surface area contributed by atoms with Gasteiger partial charge in [-0.3, -0.25) is 9.48 Å². The van der Waals surface area contributed by atoms with Gasteiger partial charge in [0.05, 0.1) is 12.2 Å². The van der Waals surface area contributed by atoms with Gasteiger partial charge in [0.15, 0.2) is 6.10 Å². The van der Waals surface area contributed by atoms with E-state index in [1.54, 1.807) is 29.7 Å². The Bertz CT molecular complexity index is 651. The van der Waals surface area contributed by atoms with E-state index in [1.165, 1.54) is 0 Å². The Morgan fingerprint density at radius 2 is 2.09 bits per heavy atom. The summed E-state index contributed by atoms with van der Waals surface area (Å²) in [6, 6.07) is 7.65. The molecule has 0 aliphatic heterocycles. The Morgan fingerprint density at radius 3 is 2.68 bits per heavy atom. The van der Waals surface area contributed by atoms with Gasteiger partial charge in [-0.1, -0.05) is 12.1 Å². The predicted molar refractivity (Wildman–Crippen MR) is 85.7 cm³/mol. The molecule has 2 atom stereocenters. The molecule has 5 heteroatoms. The normalized spacial score (nSPS) is 13.5. The van der Waals surface area contributed by atoms with E-state index in [0.29, 0.717) is 5.75 Å². The van der Waals surface area contributed by atoms with E-state index in [0.717, 1.165) is 11.1 Å². The molecule has 1 aromatic carbocycles. The van der Waals surface area contributed by atoms with E-state index >= 15 is 0 Å². The summed E-state index contributed by atoms with van der Waals surface area (Å²) in [7, 11) is 3.65. The number of nitrogens with zero attached hydrogens (tertiary/aromatic N) is 3. The number of hydrogen-bond donors (Lipinski definition) is 0. The quantitative estimate of drug-likeness (QED) is 0.853. The highest BCUT2D eigenvalue weighted by Crippen LogP contribution is 2.20. The molecule has 0 unspecified atom stereocenters. The first kappa shape index (κ1) is 16.1. The van der Waals surface area contributed by atoms with Gasteiger partial charge in [-0.2, -0.15) is 5.10 Å². The summed E-state index contributed by atoms with van der Waals surface area (Å²) in [4.78, 5) is 14.2. The molecule has 118 valence electrons. The Labute approximate surface area is 131 Å². The van der Waals surface area contributed by atoms with Crippen LogP contribution in [0.15, 0.2) is 36.7 Å². The summed E-state index contributed by atoms with van der Waals surface area (Å²) in [6.07, 6.45) is 3.16. The number of benzene rings is 1. The van der Waals surface area contributed by atoms with Gasteiger partial charge in [-0.25, -0.2) is 0 Å². The molecule has 0 spiro atoms. The third kappa shape index (κ3) is 3.67. The first-order valence-electron chi connectivity index (χ1n) is 7.37. The summed E-state index contributed by atoms with van der Waals surface area (Å²) in [6.45, 7) is 5.75. The molecule has 1 amide bonds. The maximum absolute atomic E-state index is 12.5. The molecule has 0 N–H and O–H groups in total. The number of likely N-dealkylation sites (N-methyl/N-ethyl adjacent to an activating group) is 1. The molecular formula is C17H23N3O2. The van der Waals surface area contributed by atoms with Crippen LogP contribution in [0.1, 0.15) is 31.0 Å². The monoisotopic (exact) mass is 301 g/mol. The van der Waals surface area contributed by atoms with E-state index in [-0.39, 0.29) is 11.9 Å². The maximum atomic E-state index is 12.5. The maximum Gasteiger partial charge on any atom is 0.263 e. The van der Waals surface area contributed by atoms with Crippen LogP contribution >= 0.6 is 0 Å². The van der Waals surface area contributed by atoms with Crippen LogP contribution in [0.4, 0.5) is 0 Å². The van der Waals surface area contributed by atoms with Crippen LogP contribution in [0.3, 0.4) is 0 Å². The fraction of sp³-hybridized carbons (Fsp3) is 0.412. The van der Waals surface area contributed by atoms with Crippen LogP contribution in [-0.2, 0) is 11.8 Å². The average Bonchev–Trinajstić information content (AvgIpc) is 2.91. The molecule has 1 aromatic heterocycles. The predicted octanol–water partition coefficient (Wildman–Crippen LogP) is 2.72. The van der Waals surface area contributed by atoms with E-state index in [9.17, 15) is 4.79 Å². The third-order valence-corrected chi connectivity index (χ3v) is 3.79. The lowest BCUT2D eigenvalue weighted by Crippen LogP contribution is -2.39. The molecule has 2 aromatic rings. The van der Waals surface area contributed by atoms with Crippen molar-refractivity contribution in [3.63, 3.8) is 0 Å². The molecule has 1 heterocycles. The SMILES string of the molecule is Cc1cccc(O[C@@H](C)C(=O)N(C)[C@H](C)c2cnn(C)c2)c1. The van der Waals surface area contributed by atoms with Crippen molar-refractivity contribution in [2.45, 2.75) is 32.9 Å². The fourth-order valence-electron chi connectivity index (χ4n) is 2.30. The molecule has 22 heavy (non-hydrogen) atoms. The van der Waals surface area contributed by atoms with Gasteiger partial charge in [-0.05, 0) is 38.5 Å². The van der Waals surface area contributed by atoms with Crippen LogP contribution < -0.4 is 4.74 Å². The molecule has 2 rings (SSSR count). The number of ether oxygens (including phenoxy) is 1. The van der Waals surface area contributed by atoms with E-state index < -0.39 is 6.10 Å². The van der Waals surface area contributed by atoms with Gasteiger partial charge in [0, 0.05) is 25.9 Å². The molecular weight excluding hydrogens is 278 g/mol. The highest BCUT2D eigenvalue weighted by molar-refractivity contribution is 5.81. The Morgan fingerprint density at radius 1 is 1.36 bits per heavy atom. The summed E-state index contributed by atoms with van der Waals surface area (Å²) >= 11 is 0. The standard InChI is InChI=1S/C17H23N3O2/c1-12-7-6-8-16(9-12)22-14(3)17(21)20(5)13(2)15-10-18-19(4)11-15/h6-11,13-14H,1-5H3/t13-,14+/m1/s1. The van der Waals surface area contributed by atoms with Gasteiger partial charge in [0.25, 0.3) is 5.91 Å². The van der Waals surface area contributed by atoms with Crippen LogP contribution in [-0.4, -0.2) is 33.7 Å². The van der Waals surface area contributed by atoms with Gasteiger partial charge in [0.1, 0.15) is 5.75 Å². The van der Waals surface area contributed by atoms with Gasteiger partial charge in [0.2, 0.25) is 0 Å². The lowest BCUT2D eigenvalue weighted by molar-refractivity contribution is -0.138. The lowest BCUT2D eigenvalue weighted by Gasteiger charge is -2.27. The van der Waals surface area contributed by atoms with Crippen molar-refractivity contribution in [2.24, 2.45) is 7.05 Å². The number of aromatic nitrogens is 2. The summed E-state index contributed by atoms with van der Waals surface area (Å²) in [5.74, 6) is 0.654. The number of amides is 1. The molecule has 0 radical (unpaired) electrons. The van der Waals surface area contributed by atoms with Crippen molar-refractivity contribution in [1.29, 1.82) is 0 Å². The zero-order valence-electron chi connectivity index (χ0n) is 13.8. The first-order chi connectivity index (χ1) is 10.4. The molecule has 5 nitrogen and oxygen atoms in total. The number of rotatable bonds is 5. The number of carbonyl (C=O) groups is 1. The number of aryl methyl sites for hydroxylation is 2. The second kappa shape index (κ2) is 6.64. The van der Waals surface area contributed by atoms with Crippen molar-refractivity contribution in [3.8, 4) is 5.75 Å². The van der Waals surface area contributed by atoms with Gasteiger partial charge >= 0.3 is 0 Å². The van der Waals surface area contributed by atoms with Crippen LogP contribution in [0, 0.1) is 6.92 Å². The molecule has 0 saturated carbocycles. The van der Waals surface area contributed by atoms with Gasteiger partial charge in [-0.15, -0.1) is 0 Å². The summed E-state index contributed by atoms with van der Waals surface area (Å²) < 4.78 is 7.49. The van der Waals surface area contributed by atoms with Crippen molar-refractivity contribution in [1.82, 2.24) is 14.7 Å². The van der Waals surface area contributed by atoms with Gasteiger partial charge < -0.3 is 9.64 Å². The molecule has 0 aliphatic carbocycles. The number of hydrogen-bond acceptors (Lipinski definition) is 3. The van der Waals surface area contributed by atoms with E-state index in [2.05, 4.69) is 5.10 Å². The fourth-order valence-corrected chi connectivity index (χ4v) is 2.30. The topological polar surface area (TPSA) is 47.4 Å². The highest BCUT2D eigenvalue weighted by atomic mass is 16.5. The minimum absolute atomic E-state index is 0.0511. The lowest BCUT2D eigenvalue weighted by atomic mass is 10.1. The first-order valence-corrected chi connectivity index (χ1v) is 7.37. The molecule has 0 bridgehead atoms. The smallest absolute Gasteiger partial charge is 0.263 e. The van der Waals surface area contributed by atoms with Crippen molar-refractivity contribution >= 4 is 5.91 Å². The molecule has 0 fully saturated rings. The minimum atomic E-state index is -0.536. The summed E-state index contributed by atoms with van der Waals surface area (Å²) in [5.41, 5.74) is 2.11. The van der Waals surface area contributed by atoms with Crippen LogP contribution in [0.5, 0.6) is 5.75 Å². The largest absolute Gasteiger partial charge is 0.481 e. The third-order valence-electron chi connectivity index (χ3n) is 3.79. The Kier molecular flexibility index (Phi) is 4.85. The highest BCUT2D eigenvalue weighted by Gasteiger charge is 2.24. The second-order valence-electron chi connectivity index (χ2n) is 5.65. The van der Waals surface area contributed by atoms with Crippen LogP contribution in [0.2, 0.25) is 0 Å².